The first-order valence-electron chi connectivity index (χ1n) is 9.08. The molecule has 2 aromatic carbocycles. The normalized spacial score (nSPS) is 11.4. The molecule has 2 aromatic rings. The third kappa shape index (κ3) is 6.92. The lowest BCUT2D eigenvalue weighted by atomic mass is 10.1. The molecule has 3 N–H and O–H groups in total. The Morgan fingerprint density at radius 2 is 1.83 bits per heavy atom. The predicted molar refractivity (Wildman–Crippen MR) is 112 cm³/mol. The van der Waals surface area contributed by atoms with E-state index in [9.17, 15) is 9.59 Å². The lowest BCUT2D eigenvalue weighted by Crippen LogP contribution is -2.47. The van der Waals surface area contributed by atoms with Crippen LogP contribution in [0.1, 0.15) is 27.0 Å². The number of nitrogens with one attached hydrogen (secondary N) is 2. The first kappa shape index (κ1) is 21.9. The van der Waals surface area contributed by atoms with Crippen molar-refractivity contribution >= 4 is 18.0 Å². The van der Waals surface area contributed by atoms with E-state index in [4.69, 9.17) is 5.11 Å². The van der Waals surface area contributed by atoms with Crippen LogP contribution in [0.25, 0.3) is 6.08 Å². The van der Waals surface area contributed by atoms with Gasteiger partial charge in [-0.1, -0.05) is 36.1 Å². The molecular weight excluding hydrogens is 368 g/mol. The van der Waals surface area contributed by atoms with Gasteiger partial charge in [0.05, 0.1) is 13.7 Å². The summed E-state index contributed by atoms with van der Waals surface area (Å²) < 4.78 is 4.69. The largest absolute Gasteiger partial charge is 0.467 e. The third-order valence-electron chi connectivity index (χ3n) is 4.08. The van der Waals surface area contributed by atoms with Gasteiger partial charge in [-0.05, 0) is 54.6 Å². The molecule has 6 nitrogen and oxygen atoms in total. The number of esters is 1. The zero-order valence-electron chi connectivity index (χ0n) is 16.4. The van der Waals surface area contributed by atoms with Crippen LogP contribution in [-0.2, 0) is 16.1 Å². The second-order valence-electron chi connectivity index (χ2n) is 6.19. The van der Waals surface area contributed by atoms with Crippen LogP contribution in [0.2, 0.25) is 0 Å². The summed E-state index contributed by atoms with van der Waals surface area (Å²) in [6.45, 7) is 0.299. The van der Waals surface area contributed by atoms with Crippen LogP contribution in [0.3, 0.4) is 0 Å². The third-order valence-corrected chi connectivity index (χ3v) is 4.08. The first-order valence-corrected chi connectivity index (χ1v) is 9.08. The number of benzene rings is 2. The second-order valence-corrected chi connectivity index (χ2v) is 6.19. The van der Waals surface area contributed by atoms with Gasteiger partial charge in [0, 0.05) is 17.7 Å². The van der Waals surface area contributed by atoms with E-state index >= 15 is 0 Å². The summed E-state index contributed by atoms with van der Waals surface area (Å²) in [6.07, 6.45) is 3.62. The maximum Gasteiger partial charge on any atom is 0.329 e. The van der Waals surface area contributed by atoms with Crippen LogP contribution in [0.15, 0.2) is 54.6 Å². The molecule has 29 heavy (non-hydrogen) atoms. The zero-order valence-corrected chi connectivity index (χ0v) is 16.4. The Labute approximate surface area is 170 Å². The highest BCUT2D eigenvalue weighted by Gasteiger charge is 2.21. The minimum Gasteiger partial charge on any atom is -0.467 e. The van der Waals surface area contributed by atoms with E-state index < -0.39 is 12.0 Å². The van der Waals surface area contributed by atoms with Gasteiger partial charge in [-0.2, -0.15) is 0 Å². The number of likely N-dealkylation sites (N-methyl/N-ethyl adjacent to an activating group) is 1. The summed E-state index contributed by atoms with van der Waals surface area (Å²) in [4.78, 5) is 24.0. The number of carbonyl (C=O) groups is 2. The molecule has 0 radical (unpaired) electrons. The molecule has 0 aliphatic rings. The number of hydrogen-bond donors (Lipinski definition) is 3. The molecule has 150 valence electrons. The van der Waals surface area contributed by atoms with E-state index in [2.05, 4.69) is 27.2 Å². The van der Waals surface area contributed by atoms with Gasteiger partial charge in [0.2, 0.25) is 0 Å². The maximum absolute atomic E-state index is 12.3. The van der Waals surface area contributed by atoms with Gasteiger partial charge in [-0.25, -0.2) is 4.79 Å². The highest BCUT2D eigenvalue weighted by atomic mass is 16.5. The van der Waals surface area contributed by atoms with Crippen molar-refractivity contribution in [3.8, 4) is 11.8 Å². The van der Waals surface area contributed by atoms with Crippen molar-refractivity contribution in [1.29, 1.82) is 0 Å². The van der Waals surface area contributed by atoms with Gasteiger partial charge in [0.15, 0.2) is 0 Å². The monoisotopic (exact) mass is 392 g/mol. The minimum absolute atomic E-state index is 0.0245. The minimum atomic E-state index is -0.756. The Hall–Kier alpha value is -3.40. The van der Waals surface area contributed by atoms with Gasteiger partial charge in [0.25, 0.3) is 5.91 Å². The molecule has 6 heteroatoms. The fraction of sp³-hybridized carbons (Fsp3) is 0.217. The first-order chi connectivity index (χ1) is 14.1. The average molecular weight is 392 g/mol. The number of amides is 1. The van der Waals surface area contributed by atoms with Crippen molar-refractivity contribution in [3.63, 3.8) is 0 Å². The predicted octanol–water partition coefficient (Wildman–Crippen LogP) is 1.73. The molecule has 2 rings (SSSR count). The van der Waals surface area contributed by atoms with Crippen LogP contribution in [-0.4, -0.2) is 43.7 Å². The molecule has 1 atom stereocenters. The molecule has 0 saturated heterocycles. The highest BCUT2D eigenvalue weighted by molar-refractivity contribution is 5.96. The SMILES string of the molecule is CNC[C@H](NC(=O)c1ccc(C#C/C=C/c2ccc(CO)cc2)cc1)C(=O)OC. The summed E-state index contributed by atoms with van der Waals surface area (Å²) in [5, 5.41) is 14.5. The molecule has 0 aliphatic heterocycles. The smallest absolute Gasteiger partial charge is 0.329 e. The Balaban J connectivity index is 1.97. The average Bonchev–Trinajstić information content (AvgIpc) is 2.76. The van der Waals surface area contributed by atoms with Crippen molar-refractivity contribution in [2.24, 2.45) is 0 Å². The second kappa shape index (κ2) is 11.4. The van der Waals surface area contributed by atoms with E-state index in [-0.39, 0.29) is 19.1 Å². The van der Waals surface area contributed by atoms with Crippen LogP contribution < -0.4 is 10.6 Å². The van der Waals surface area contributed by atoms with Crippen molar-refractivity contribution < 1.29 is 19.4 Å². The highest BCUT2D eigenvalue weighted by Crippen LogP contribution is 2.07. The number of hydrogen-bond acceptors (Lipinski definition) is 5. The van der Waals surface area contributed by atoms with Gasteiger partial charge in [0.1, 0.15) is 6.04 Å². The number of methoxy groups -OCH3 is 1. The number of aliphatic hydroxyl groups is 1. The molecule has 0 fully saturated rings. The van der Waals surface area contributed by atoms with Gasteiger partial charge >= 0.3 is 5.97 Å². The molecule has 0 bridgehead atoms. The zero-order chi connectivity index (χ0) is 21.1. The molecular formula is C23H24N2O4. The van der Waals surface area contributed by atoms with E-state index in [1.165, 1.54) is 7.11 Å². The number of carbonyl (C=O) groups excluding carboxylic acids is 2. The molecule has 0 saturated carbocycles. The van der Waals surface area contributed by atoms with E-state index in [1.807, 2.05) is 30.3 Å². The summed E-state index contributed by atoms with van der Waals surface area (Å²) in [5.41, 5.74) is 3.05. The lowest BCUT2D eigenvalue weighted by molar-refractivity contribution is -0.142. The summed E-state index contributed by atoms with van der Waals surface area (Å²) in [7, 11) is 2.97. The number of aliphatic hydroxyl groups excluding tert-OH is 1. The Bertz CT molecular complexity index is 907. The molecule has 1 amide bonds. The van der Waals surface area contributed by atoms with Gasteiger partial charge in [-0.15, -0.1) is 0 Å². The number of ether oxygens (including phenoxy) is 1. The Morgan fingerprint density at radius 3 is 2.41 bits per heavy atom. The fourth-order valence-electron chi connectivity index (χ4n) is 2.48. The van der Waals surface area contributed by atoms with Crippen LogP contribution in [0.4, 0.5) is 0 Å². The Morgan fingerprint density at radius 1 is 1.14 bits per heavy atom. The van der Waals surface area contributed by atoms with Crippen molar-refractivity contribution in [2.75, 3.05) is 20.7 Å². The van der Waals surface area contributed by atoms with Crippen LogP contribution >= 0.6 is 0 Å². The lowest BCUT2D eigenvalue weighted by Gasteiger charge is -2.16. The molecule has 0 unspecified atom stereocenters. The molecule has 0 heterocycles. The molecule has 0 aliphatic carbocycles. The van der Waals surface area contributed by atoms with E-state index in [1.54, 1.807) is 37.4 Å². The Kier molecular flexibility index (Phi) is 8.64. The molecule has 0 spiro atoms. The van der Waals surface area contributed by atoms with Gasteiger partial charge in [-0.3, -0.25) is 4.79 Å². The van der Waals surface area contributed by atoms with E-state index in [0.717, 1.165) is 16.7 Å². The van der Waals surface area contributed by atoms with Crippen molar-refractivity contribution in [1.82, 2.24) is 10.6 Å². The maximum atomic E-state index is 12.3. The van der Waals surface area contributed by atoms with Gasteiger partial charge < -0.3 is 20.5 Å². The van der Waals surface area contributed by atoms with Crippen LogP contribution in [0.5, 0.6) is 0 Å². The number of allylic oxidation sites excluding steroid dienone is 1. The standard InChI is InChI=1S/C23H24N2O4/c1-24-15-21(23(28)29-2)25-22(27)20-13-11-18(12-14-20)6-4-3-5-17-7-9-19(16-26)10-8-17/h3,5,7-14,21,24,26H,15-16H2,1-2H3,(H,25,27)/b5-3+/t21-/m0/s1. The molecule has 0 aromatic heterocycles. The van der Waals surface area contributed by atoms with Crippen molar-refractivity contribution in [3.05, 3.63) is 76.9 Å². The summed E-state index contributed by atoms with van der Waals surface area (Å²) in [6, 6.07) is 13.6. The fourth-order valence-corrected chi connectivity index (χ4v) is 2.48. The van der Waals surface area contributed by atoms with Crippen molar-refractivity contribution in [2.45, 2.75) is 12.6 Å². The van der Waals surface area contributed by atoms with E-state index in [0.29, 0.717) is 5.56 Å². The van der Waals surface area contributed by atoms with Crippen LogP contribution in [0, 0.1) is 11.8 Å². The quantitative estimate of drug-likeness (QED) is 0.494. The topological polar surface area (TPSA) is 87.7 Å². The number of rotatable bonds is 7. The summed E-state index contributed by atoms with van der Waals surface area (Å²) >= 11 is 0. The summed E-state index contributed by atoms with van der Waals surface area (Å²) in [5.74, 6) is 5.08.